The van der Waals surface area contributed by atoms with Crippen LogP contribution in [0.1, 0.15) is 19.3 Å². The molecule has 1 aromatic rings. The van der Waals surface area contributed by atoms with E-state index in [0.717, 1.165) is 19.3 Å². The second kappa shape index (κ2) is 5.21. The average molecular weight is 282 g/mol. The van der Waals surface area contributed by atoms with E-state index in [9.17, 15) is 4.79 Å². The van der Waals surface area contributed by atoms with Crippen LogP contribution in [0.2, 0.25) is 0 Å². The number of aromatic nitrogens is 2. The van der Waals surface area contributed by atoms with Crippen molar-refractivity contribution < 1.29 is 4.79 Å². The molecular formula is C11H12BrN3O. The molecular weight excluding hydrogens is 270 g/mol. The molecule has 84 valence electrons. The fraction of sp³-hybridized carbons (Fsp3) is 0.364. The lowest BCUT2D eigenvalue weighted by Crippen LogP contribution is -2.24. The first-order valence-corrected chi connectivity index (χ1v) is 5.98. The molecule has 0 fully saturated rings. The molecule has 1 aromatic heterocycles. The summed E-state index contributed by atoms with van der Waals surface area (Å²) in [6.07, 6.45) is 9.98. The van der Waals surface area contributed by atoms with Crippen molar-refractivity contribution in [3.05, 3.63) is 29.1 Å². The smallest absolute Gasteiger partial charge is 0.229 e. The van der Waals surface area contributed by atoms with Crippen molar-refractivity contribution in [3.63, 3.8) is 0 Å². The van der Waals surface area contributed by atoms with Gasteiger partial charge in [0.1, 0.15) is 4.60 Å². The van der Waals surface area contributed by atoms with Gasteiger partial charge in [-0.1, -0.05) is 12.2 Å². The Bertz CT molecular complexity index is 402. The molecule has 1 atom stereocenters. The number of amides is 1. The van der Waals surface area contributed by atoms with Gasteiger partial charge in [-0.3, -0.25) is 4.79 Å². The van der Waals surface area contributed by atoms with Gasteiger partial charge in [0.05, 0.1) is 12.4 Å². The van der Waals surface area contributed by atoms with Crippen molar-refractivity contribution in [1.82, 2.24) is 9.97 Å². The summed E-state index contributed by atoms with van der Waals surface area (Å²) >= 11 is 3.19. The fourth-order valence-corrected chi connectivity index (χ4v) is 1.84. The van der Waals surface area contributed by atoms with Gasteiger partial charge < -0.3 is 5.32 Å². The minimum atomic E-state index is 0.0287. The topological polar surface area (TPSA) is 54.9 Å². The van der Waals surface area contributed by atoms with Gasteiger partial charge in [-0.05, 0) is 35.2 Å². The summed E-state index contributed by atoms with van der Waals surface area (Å²) in [6, 6.07) is 0. The van der Waals surface area contributed by atoms with E-state index in [1.54, 1.807) is 12.4 Å². The van der Waals surface area contributed by atoms with Crippen LogP contribution in [0.5, 0.6) is 0 Å². The lowest BCUT2D eigenvalue weighted by atomic mass is 9.94. The van der Waals surface area contributed by atoms with E-state index < -0.39 is 0 Å². The minimum Gasteiger partial charge on any atom is -0.309 e. The Morgan fingerprint density at radius 1 is 1.38 bits per heavy atom. The Labute approximate surface area is 102 Å². The third kappa shape index (κ3) is 2.88. The maximum Gasteiger partial charge on any atom is 0.229 e. The number of halogens is 1. The second-order valence-electron chi connectivity index (χ2n) is 3.69. The number of anilines is 1. The van der Waals surface area contributed by atoms with Crippen molar-refractivity contribution in [3.8, 4) is 0 Å². The van der Waals surface area contributed by atoms with E-state index in [1.807, 2.05) is 0 Å². The van der Waals surface area contributed by atoms with Crippen molar-refractivity contribution in [1.29, 1.82) is 0 Å². The molecule has 4 nitrogen and oxygen atoms in total. The van der Waals surface area contributed by atoms with E-state index in [1.165, 1.54) is 0 Å². The molecule has 0 aliphatic heterocycles. The monoisotopic (exact) mass is 281 g/mol. The normalized spacial score (nSPS) is 19.4. The summed E-state index contributed by atoms with van der Waals surface area (Å²) in [5, 5.41) is 2.77. The number of hydrogen-bond acceptors (Lipinski definition) is 3. The molecule has 5 heteroatoms. The van der Waals surface area contributed by atoms with Crippen LogP contribution >= 0.6 is 15.9 Å². The first kappa shape index (κ1) is 11.3. The van der Waals surface area contributed by atoms with Gasteiger partial charge in [0.2, 0.25) is 5.91 Å². The fourth-order valence-electron chi connectivity index (χ4n) is 1.64. The molecule has 0 spiro atoms. The number of rotatable bonds is 2. The van der Waals surface area contributed by atoms with Gasteiger partial charge in [-0.15, -0.1) is 0 Å². The number of nitrogens with zero attached hydrogens (tertiary/aromatic N) is 2. The van der Waals surface area contributed by atoms with Gasteiger partial charge in [-0.25, -0.2) is 9.97 Å². The van der Waals surface area contributed by atoms with Crippen LogP contribution in [-0.4, -0.2) is 15.9 Å². The van der Waals surface area contributed by atoms with E-state index in [0.29, 0.717) is 10.4 Å². The predicted octanol–water partition coefficient (Wildman–Crippen LogP) is 2.53. The van der Waals surface area contributed by atoms with Crippen LogP contribution in [0.3, 0.4) is 0 Å². The first-order chi connectivity index (χ1) is 7.75. The highest BCUT2D eigenvalue weighted by molar-refractivity contribution is 9.10. The van der Waals surface area contributed by atoms with Crippen LogP contribution in [0, 0.1) is 5.92 Å². The van der Waals surface area contributed by atoms with Crippen LogP contribution in [0.25, 0.3) is 0 Å². The number of carbonyl (C=O) groups is 1. The first-order valence-electron chi connectivity index (χ1n) is 5.19. The van der Waals surface area contributed by atoms with Gasteiger partial charge >= 0.3 is 0 Å². The van der Waals surface area contributed by atoms with E-state index in [4.69, 9.17) is 0 Å². The summed E-state index contributed by atoms with van der Waals surface area (Å²) in [6.45, 7) is 0. The zero-order chi connectivity index (χ0) is 11.4. The molecule has 1 amide bonds. The van der Waals surface area contributed by atoms with Gasteiger partial charge in [0, 0.05) is 5.92 Å². The lowest BCUT2D eigenvalue weighted by molar-refractivity contribution is -0.120. The van der Waals surface area contributed by atoms with Crippen LogP contribution in [-0.2, 0) is 4.79 Å². The molecule has 0 radical (unpaired) electrons. The third-order valence-corrected chi connectivity index (χ3v) is 2.92. The molecule has 1 heterocycles. The molecule has 2 rings (SSSR count). The molecule has 16 heavy (non-hydrogen) atoms. The van der Waals surface area contributed by atoms with E-state index in [2.05, 4.69) is 43.4 Å². The van der Waals surface area contributed by atoms with Crippen molar-refractivity contribution in [2.45, 2.75) is 19.3 Å². The maximum absolute atomic E-state index is 11.8. The standard InChI is InChI=1S/C11H12BrN3O/c12-9-6-14-10(7-13-9)15-11(16)8-4-2-1-3-5-8/h1-2,6-8H,3-5H2,(H,14,15,16). The molecule has 1 aliphatic rings. The Kier molecular flexibility index (Phi) is 3.66. The minimum absolute atomic E-state index is 0.0287. The maximum atomic E-state index is 11.8. The summed E-state index contributed by atoms with van der Waals surface area (Å²) in [7, 11) is 0. The highest BCUT2D eigenvalue weighted by Crippen LogP contribution is 2.19. The summed E-state index contributed by atoms with van der Waals surface area (Å²) in [5.74, 6) is 0.596. The van der Waals surface area contributed by atoms with Crippen molar-refractivity contribution in [2.24, 2.45) is 5.92 Å². The predicted molar refractivity (Wildman–Crippen MR) is 64.8 cm³/mol. The van der Waals surface area contributed by atoms with Crippen LogP contribution < -0.4 is 5.32 Å². The largest absolute Gasteiger partial charge is 0.309 e. The summed E-state index contributed by atoms with van der Waals surface area (Å²) in [5.41, 5.74) is 0. The molecule has 0 saturated carbocycles. The van der Waals surface area contributed by atoms with Gasteiger partial charge in [0.25, 0.3) is 0 Å². The highest BCUT2D eigenvalue weighted by atomic mass is 79.9. The Balaban J connectivity index is 1.96. The molecule has 1 unspecified atom stereocenters. The van der Waals surface area contributed by atoms with Crippen LogP contribution in [0.15, 0.2) is 29.1 Å². The average Bonchev–Trinajstić information content (AvgIpc) is 2.33. The SMILES string of the molecule is O=C(Nc1cnc(Br)cn1)C1CC=CCC1. The Morgan fingerprint density at radius 3 is 2.88 bits per heavy atom. The molecule has 1 aliphatic carbocycles. The molecule has 1 N–H and O–H groups in total. The molecule has 0 bridgehead atoms. The number of allylic oxidation sites excluding steroid dienone is 2. The molecule has 0 saturated heterocycles. The summed E-state index contributed by atoms with van der Waals surface area (Å²) < 4.78 is 0.658. The number of nitrogens with one attached hydrogen (secondary N) is 1. The highest BCUT2D eigenvalue weighted by Gasteiger charge is 2.18. The van der Waals surface area contributed by atoms with E-state index >= 15 is 0 Å². The van der Waals surface area contributed by atoms with Crippen LogP contribution in [0.4, 0.5) is 5.82 Å². The zero-order valence-electron chi connectivity index (χ0n) is 8.69. The Hall–Kier alpha value is -1.23. The van der Waals surface area contributed by atoms with Crippen molar-refractivity contribution >= 4 is 27.7 Å². The van der Waals surface area contributed by atoms with Crippen molar-refractivity contribution in [2.75, 3.05) is 5.32 Å². The van der Waals surface area contributed by atoms with E-state index in [-0.39, 0.29) is 11.8 Å². The quantitative estimate of drug-likeness (QED) is 0.848. The van der Waals surface area contributed by atoms with Gasteiger partial charge in [-0.2, -0.15) is 0 Å². The number of carbonyl (C=O) groups excluding carboxylic acids is 1. The number of hydrogen-bond donors (Lipinski definition) is 1. The lowest BCUT2D eigenvalue weighted by Gasteiger charge is -2.16. The molecule has 0 aromatic carbocycles. The summed E-state index contributed by atoms with van der Waals surface area (Å²) in [4.78, 5) is 19.9. The second-order valence-corrected chi connectivity index (χ2v) is 4.51. The Morgan fingerprint density at radius 2 is 2.25 bits per heavy atom. The zero-order valence-corrected chi connectivity index (χ0v) is 10.3. The third-order valence-electron chi connectivity index (χ3n) is 2.51. The van der Waals surface area contributed by atoms with Gasteiger partial charge in [0.15, 0.2) is 5.82 Å².